The van der Waals surface area contributed by atoms with E-state index in [1.807, 2.05) is 0 Å². The fourth-order valence-corrected chi connectivity index (χ4v) is 5.22. The molecule has 1 aliphatic rings. The number of aliphatic hydroxyl groups is 1. The minimum atomic E-state index is -4.96. The molecule has 2 aromatic carbocycles. The highest BCUT2D eigenvalue weighted by Gasteiger charge is 2.47. The molecule has 2 aromatic heterocycles. The zero-order valence-electron chi connectivity index (χ0n) is 18.2. The fourth-order valence-electron chi connectivity index (χ4n) is 3.93. The Hall–Kier alpha value is -3.83. The van der Waals surface area contributed by atoms with Gasteiger partial charge in [-0.2, -0.15) is 0 Å². The lowest BCUT2D eigenvalue weighted by Gasteiger charge is -2.24. The van der Waals surface area contributed by atoms with E-state index in [0.717, 1.165) is 28.4 Å². The molecule has 0 aliphatic carbocycles. The van der Waals surface area contributed by atoms with E-state index in [1.54, 1.807) is 25.1 Å². The van der Waals surface area contributed by atoms with Crippen LogP contribution in [0.4, 0.5) is 18.3 Å². The number of thiazole rings is 1. The molecule has 1 aliphatic heterocycles. The summed E-state index contributed by atoms with van der Waals surface area (Å²) in [7, 11) is 0. The number of anilines is 1. The van der Waals surface area contributed by atoms with Gasteiger partial charge in [0.05, 0.1) is 21.3 Å². The van der Waals surface area contributed by atoms with Gasteiger partial charge in [-0.1, -0.05) is 41.1 Å². The maximum atomic E-state index is 13.4. The molecule has 0 saturated heterocycles. The number of aryl methyl sites for hydroxylation is 1. The minimum absolute atomic E-state index is 0.0751. The largest absolute Gasteiger partial charge is 0.573 e. The first-order valence-electron chi connectivity index (χ1n) is 10.3. The number of alkyl halides is 3. The number of hydrogen-bond acceptors (Lipinski definition) is 7. The molecule has 5 rings (SSSR count). The first kappa shape index (κ1) is 23.9. The van der Waals surface area contributed by atoms with Gasteiger partial charge >= 0.3 is 6.36 Å². The number of amides is 1. The number of carbonyl (C=O) groups is 2. The van der Waals surface area contributed by atoms with E-state index >= 15 is 0 Å². The van der Waals surface area contributed by atoms with Crippen LogP contribution >= 0.6 is 22.9 Å². The Balaban J connectivity index is 1.68. The van der Waals surface area contributed by atoms with Crippen LogP contribution in [0.15, 0.2) is 70.3 Å². The molecule has 0 fully saturated rings. The van der Waals surface area contributed by atoms with Gasteiger partial charge in [0.15, 0.2) is 16.7 Å². The van der Waals surface area contributed by atoms with Crippen LogP contribution in [-0.4, -0.2) is 28.1 Å². The number of Topliss-reactive ketones (excluding diaryl/α,β-unsaturated/α-hetero) is 1. The standard InChI is InChI=1S/C24H14ClF3N2O5S/c1-11-8-9-15(34-11)20(31)17-19(12-4-2-5-13(10-12)35-24(26,27)28)30(22(33)21(17)32)23-29-18-14(25)6-3-7-16(18)36-23/h2-10,19,32H,1H3. The topological polar surface area (TPSA) is 92.9 Å². The van der Waals surface area contributed by atoms with Gasteiger partial charge in [0.1, 0.15) is 17.0 Å². The summed E-state index contributed by atoms with van der Waals surface area (Å²) >= 11 is 7.30. The van der Waals surface area contributed by atoms with Crippen LogP contribution in [-0.2, 0) is 4.79 Å². The number of aliphatic hydroxyl groups excluding tert-OH is 1. The van der Waals surface area contributed by atoms with E-state index in [-0.39, 0.29) is 22.0 Å². The Kier molecular flexibility index (Phi) is 5.76. The Morgan fingerprint density at radius 2 is 1.94 bits per heavy atom. The molecule has 4 aromatic rings. The quantitative estimate of drug-likeness (QED) is 0.293. The number of aromatic nitrogens is 1. The number of para-hydroxylation sites is 1. The molecule has 0 saturated carbocycles. The molecule has 1 atom stereocenters. The molecule has 0 spiro atoms. The number of ether oxygens (including phenoxy) is 1. The molecular weight excluding hydrogens is 521 g/mol. The molecule has 7 nitrogen and oxygen atoms in total. The predicted molar refractivity (Wildman–Crippen MR) is 125 cm³/mol. The zero-order chi connectivity index (χ0) is 25.8. The monoisotopic (exact) mass is 534 g/mol. The maximum Gasteiger partial charge on any atom is 0.573 e. The molecule has 1 unspecified atom stereocenters. The van der Waals surface area contributed by atoms with E-state index in [9.17, 15) is 27.9 Å². The number of halogens is 4. The first-order chi connectivity index (χ1) is 17.0. The predicted octanol–water partition coefficient (Wildman–Crippen LogP) is 6.53. The lowest BCUT2D eigenvalue weighted by molar-refractivity contribution is -0.274. The normalized spacial score (nSPS) is 16.3. The van der Waals surface area contributed by atoms with Crippen molar-refractivity contribution in [2.24, 2.45) is 0 Å². The fraction of sp³-hybridized carbons (Fsp3) is 0.125. The number of fused-ring (bicyclic) bond motifs is 1. The van der Waals surface area contributed by atoms with E-state index in [4.69, 9.17) is 16.0 Å². The van der Waals surface area contributed by atoms with Gasteiger partial charge in [-0.05, 0) is 48.9 Å². The summed E-state index contributed by atoms with van der Waals surface area (Å²) in [5, 5.41) is 11.2. The van der Waals surface area contributed by atoms with Gasteiger partial charge in [0, 0.05) is 0 Å². The van der Waals surface area contributed by atoms with Gasteiger partial charge in [0.25, 0.3) is 5.91 Å². The number of carbonyl (C=O) groups excluding carboxylic acids is 2. The first-order valence-corrected chi connectivity index (χ1v) is 11.5. The highest BCUT2D eigenvalue weighted by molar-refractivity contribution is 7.22. The molecule has 1 N–H and O–H groups in total. The van der Waals surface area contributed by atoms with Crippen LogP contribution < -0.4 is 9.64 Å². The van der Waals surface area contributed by atoms with Crippen molar-refractivity contribution in [3.05, 3.63) is 88.0 Å². The molecule has 0 bridgehead atoms. The molecule has 1 amide bonds. The minimum Gasteiger partial charge on any atom is -0.503 e. The van der Waals surface area contributed by atoms with Gasteiger partial charge < -0.3 is 14.3 Å². The molecule has 36 heavy (non-hydrogen) atoms. The van der Waals surface area contributed by atoms with Crippen molar-refractivity contribution in [3.8, 4) is 5.75 Å². The third kappa shape index (κ3) is 4.20. The number of benzene rings is 2. The van der Waals surface area contributed by atoms with E-state index in [0.29, 0.717) is 21.0 Å². The number of hydrogen-bond donors (Lipinski definition) is 1. The number of nitrogens with zero attached hydrogens (tertiary/aromatic N) is 2. The molecule has 12 heteroatoms. The number of furan rings is 1. The summed E-state index contributed by atoms with van der Waals surface area (Å²) in [6, 6.07) is 11.4. The van der Waals surface area contributed by atoms with E-state index in [1.165, 1.54) is 24.3 Å². The summed E-state index contributed by atoms with van der Waals surface area (Å²) in [6.45, 7) is 1.61. The van der Waals surface area contributed by atoms with E-state index in [2.05, 4.69) is 9.72 Å². The third-order valence-corrected chi connectivity index (χ3v) is 6.71. The van der Waals surface area contributed by atoms with Gasteiger partial charge in [0.2, 0.25) is 5.78 Å². The van der Waals surface area contributed by atoms with Crippen molar-refractivity contribution >= 4 is 50.0 Å². The highest BCUT2D eigenvalue weighted by atomic mass is 35.5. The average molecular weight is 535 g/mol. The van der Waals surface area contributed by atoms with Crippen LogP contribution in [0.2, 0.25) is 5.02 Å². The summed E-state index contributed by atoms with van der Waals surface area (Å²) < 4.78 is 48.7. The van der Waals surface area contributed by atoms with Crippen LogP contribution in [0.1, 0.15) is 27.9 Å². The van der Waals surface area contributed by atoms with Gasteiger partial charge in [-0.25, -0.2) is 4.98 Å². The smallest absolute Gasteiger partial charge is 0.503 e. The van der Waals surface area contributed by atoms with Crippen LogP contribution in [0.25, 0.3) is 10.2 Å². The average Bonchev–Trinajstić information content (AvgIpc) is 3.50. The van der Waals surface area contributed by atoms with Crippen molar-refractivity contribution in [3.63, 3.8) is 0 Å². The lowest BCUT2D eigenvalue weighted by atomic mass is 9.95. The number of rotatable bonds is 5. The van der Waals surface area contributed by atoms with Crippen molar-refractivity contribution in [2.75, 3.05) is 4.90 Å². The van der Waals surface area contributed by atoms with Gasteiger partial charge in [-0.15, -0.1) is 13.2 Å². The molecular formula is C24H14ClF3N2O5S. The van der Waals surface area contributed by atoms with Crippen molar-refractivity contribution in [1.82, 2.24) is 4.98 Å². The Labute approximate surface area is 210 Å². The lowest BCUT2D eigenvalue weighted by Crippen LogP contribution is -2.31. The highest BCUT2D eigenvalue weighted by Crippen LogP contribution is 2.45. The number of ketones is 1. The summed E-state index contributed by atoms with van der Waals surface area (Å²) in [5.74, 6) is -2.92. The Bertz CT molecular complexity index is 1560. The SMILES string of the molecule is Cc1ccc(C(=O)C2=C(O)C(=O)N(c3nc4c(Cl)cccc4s3)C2c2cccc(OC(F)(F)F)c2)o1. The molecule has 184 valence electrons. The van der Waals surface area contributed by atoms with Crippen molar-refractivity contribution in [2.45, 2.75) is 19.3 Å². The molecule has 3 heterocycles. The van der Waals surface area contributed by atoms with Crippen molar-refractivity contribution < 1.29 is 37.0 Å². The summed E-state index contributed by atoms with van der Waals surface area (Å²) in [5.41, 5.74) is 0.0933. The van der Waals surface area contributed by atoms with Crippen molar-refractivity contribution in [1.29, 1.82) is 0 Å². The summed E-state index contributed by atoms with van der Waals surface area (Å²) in [4.78, 5) is 32.1. The second-order valence-electron chi connectivity index (χ2n) is 7.78. The second-order valence-corrected chi connectivity index (χ2v) is 9.20. The maximum absolute atomic E-state index is 13.4. The third-order valence-electron chi connectivity index (χ3n) is 5.39. The van der Waals surface area contributed by atoms with E-state index < -0.39 is 35.6 Å². The summed E-state index contributed by atoms with van der Waals surface area (Å²) in [6.07, 6.45) is -4.96. The van der Waals surface area contributed by atoms with Gasteiger partial charge in [-0.3, -0.25) is 14.5 Å². The van der Waals surface area contributed by atoms with Crippen LogP contribution in [0.5, 0.6) is 5.75 Å². The van der Waals surface area contributed by atoms with Crippen LogP contribution in [0.3, 0.4) is 0 Å². The Morgan fingerprint density at radius 1 is 1.19 bits per heavy atom. The zero-order valence-corrected chi connectivity index (χ0v) is 19.7. The molecule has 0 radical (unpaired) electrons. The van der Waals surface area contributed by atoms with Crippen LogP contribution in [0, 0.1) is 6.92 Å². The Morgan fingerprint density at radius 3 is 2.61 bits per heavy atom. The second kappa shape index (κ2) is 8.68.